The van der Waals surface area contributed by atoms with Gasteiger partial charge in [0.2, 0.25) is 0 Å². The summed E-state index contributed by atoms with van der Waals surface area (Å²) in [7, 11) is 0. The van der Waals surface area contributed by atoms with Crippen molar-refractivity contribution in [3.63, 3.8) is 0 Å². The van der Waals surface area contributed by atoms with Crippen molar-refractivity contribution in [1.82, 2.24) is 15.8 Å². The highest BCUT2D eigenvalue weighted by Crippen LogP contribution is 2.28. The number of hydrazine groups is 1. The van der Waals surface area contributed by atoms with Crippen LogP contribution in [0, 0.1) is 6.92 Å². The highest BCUT2D eigenvalue weighted by molar-refractivity contribution is 7.14. The van der Waals surface area contributed by atoms with Gasteiger partial charge in [-0.2, -0.15) is 5.01 Å². The van der Waals surface area contributed by atoms with E-state index in [1.165, 1.54) is 11.3 Å². The number of amides is 4. The van der Waals surface area contributed by atoms with E-state index in [9.17, 15) is 14.4 Å². The van der Waals surface area contributed by atoms with Gasteiger partial charge in [0.1, 0.15) is 5.54 Å². The van der Waals surface area contributed by atoms with Gasteiger partial charge in [0.05, 0.1) is 4.88 Å². The SMILES string of the molecule is CCc1cc(C(=O)NN2C(=O)NC(C)(c3ccccc3)C2=O)sc1C. The first-order valence-corrected chi connectivity index (χ1v) is 8.81. The molecule has 1 aromatic carbocycles. The van der Waals surface area contributed by atoms with Crippen molar-refractivity contribution in [3.05, 3.63) is 57.3 Å². The second-order valence-electron chi connectivity index (χ2n) is 6.05. The number of carbonyl (C=O) groups is 3. The molecule has 6 nitrogen and oxygen atoms in total. The molecule has 0 radical (unpaired) electrons. The standard InChI is InChI=1S/C18H19N3O3S/c1-4-12-10-14(25-11(12)2)15(22)20-21-16(23)18(3,19-17(21)24)13-8-6-5-7-9-13/h5-10H,4H2,1-3H3,(H,19,24)(H,20,22). The van der Waals surface area contributed by atoms with Crippen LogP contribution in [0.2, 0.25) is 0 Å². The molecule has 2 N–H and O–H groups in total. The number of benzene rings is 1. The summed E-state index contributed by atoms with van der Waals surface area (Å²) in [4.78, 5) is 39.0. The number of urea groups is 1. The van der Waals surface area contributed by atoms with Gasteiger partial charge >= 0.3 is 6.03 Å². The Labute approximate surface area is 149 Å². The minimum Gasteiger partial charge on any atom is -0.318 e. The molecule has 0 spiro atoms. The maximum atomic E-state index is 12.8. The van der Waals surface area contributed by atoms with Gasteiger partial charge in [-0.3, -0.25) is 15.0 Å². The van der Waals surface area contributed by atoms with Crippen molar-refractivity contribution >= 4 is 29.2 Å². The highest BCUT2D eigenvalue weighted by atomic mass is 32.1. The Bertz CT molecular complexity index is 847. The predicted octanol–water partition coefficient (Wildman–Crippen LogP) is 2.73. The number of imide groups is 1. The molecule has 3 rings (SSSR count). The number of nitrogens with zero attached hydrogens (tertiary/aromatic N) is 1. The van der Waals surface area contributed by atoms with Crippen LogP contribution in [0.3, 0.4) is 0 Å². The summed E-state index contributed by atoms with van der Waals surface area (Å²) in [5.74, 6) is -0.977. The molecule has 0 aliphatic carbocycles. The molecule has 1 atom stereocenters. The number of carbonyl (C=O) groups excluding carboxylic acids is 3. The van der Waals surface area contributed by atoms with E-state index in [0.717, 1.165) is 21.9 Å². The zero-order chi connectivity index (χ0) is 18.2. The summed E-state index contributed by atoms with van der Waals surface area (Å²) < 4.78 is 0. The molecule has 2 aromatic rings. The number of hydrogen-bond donors (Lipinski definition) is 2. The van der Waals surface area contributed by atoms with Crippen molar-refractivity contribution in [2.24, 2.45) is 0 Å². The third-order valence-corrected chi connectivity index (χ3v) is 5.47. The third-order valence-electron chi connectivity index (χ3n) is 4.38. The molecule has 1 aliphatic rings. The smallest absolute Gasteiger partial charge is 0.318 e. The van der Waals surface area contributed by atoms with Gasteiger partial charge in [0, 0.05) is 4.88 Å². The molecule has 7 heteroatoms. The number of thiophene rings is 1. The van der Waals surface area contributed by atoms with Crippen LogP contribution in [-0.2, 0) is 16.8 Å². The summed E-state index contributed by atoms with van der Waals surface area (Å²) >= 11 is 1.35. The van der Waals surface area contributed by atoms with E-state index < -0.39 is 23.4 Å². The Morgan fingerprint density at radius 2 is 1.96 bits per heavy atom. The Hall–Kier alpha value is -2.67. The summed E-state index contributed by atoms with van der Waals surface area (Å²) in [5.41, 5.74) is 2.97. The Balaban J connectivity index is 1.82. The second kappa shape index (κ2) is 6.33. The Kier molecular flexibility index (Phi) is 4.34. The van der Waals surface area contributed by atoms with Crippen LogP contribution < -0.4 is 10.7 Å². The lowest BCUT2D eigenvalue weighted by atomic mass is 9.92. The van der Waals surface area contributed by atoms with Gasteiger partial charge in [-0.05, 0) is 37.5 Å². The zero-order valence-corrected chi connectivity index (χ0v) is 15.1. The number of hydrogen-bond acceptors (Lipinski definition) is 4. The Morgan fingerprint density at radius 3 is 2.56 bits per heavy atom. The van der Waals surface area contributed by atoms with Crippen LogP contribution in [0.25, 0.3) is 0 Å². The molecule has 1 aromatic heterocycles. The lowest BCUT2D eigenvalue weighted by Gasteiger charge is -2.21. The molecule has 0 saturated carbocycles. The van der Waals surface area contributed by atoms with E-state index >= 15 is 0 Å². The number of nitrogens with one attached hydrogen (secondary N) is 2. The van der Waals surface area contributed by atoms with Gasteiger partial charge in [-0.1, -0.05) is 37.3 Å². The summed E-state index contributed by atoms with van der Waals surface area (Å²) in [5, 5.41) is 3.42. The maximum Gasteiger partial charge on any atom is 0.344 e. The molecule has 4 amide bonds. The van der Waals surface area contributed by atoms with Crippen LogP contribution in [-0.4, -0.2) is 22.9 Å². The molecular formula is C18H19N3O3S. The monoisotopic (exact) mass is 357 g/mol. The number of rotatable bonds is 4. The molecule has 1 saturated heterocycles. The van der Waals surface area contributed by atoms with Crippen molar-refractivity contribution in [2.45, 2.75) is 32.7 Å². The molecule has 2 heterocycles. The topological polar surface area (TPSA) is 78.5 Å². The van der Waals surface area contributed by atoms with Crippen molar-refractivity contribution in [1.29, 1.82) is 0 Å². The van der Waals surface area contributed by atoms with Crippen LogP contribution >= 0.6 is 11.3 Å². The van der Waals surface area contributed by atoms with Crippen LogP contribution in [0.15, 0.2) is 36.4 Å². The molecule has 0 bridgehead atoms. The normalized spacial score (nSPS) is 19.9. The first kappa shape index (κ1) is 17.2. The zero-order valence-electron chi connectivity index (χ0n) is 14.3. The fourth-order valence-electron chi connectivity index (χ4n) is 2.85. The van der Waals surface area contributed by atoms with E-state index in [1.54, 1.807) is 37.3 Å². The highest BCUT2D eigenvalue weighted by Gasteiger charge is 2.50. The minimum absolute atomic E-state index is 0.464. The number of aryl methyl sites for hydroxylation is 2. The Morgan fingerprint density at radius 1 is 1.28 bits per heavy atom. The second-order valence-corrected chi connectivity index (χ2v) is 7.30. The van der Waals surface area contributed by atoms with Gasteiger partial charge in [-0.25, -0.2) is 4.79 Å². The van der Waals surface area contributed by atoms with E-state index in [1.807, 2.05) is 19.9 Å². The van der Waals surface area contributed by atoms with E-state index in [4.69, 9.17) is 0 Å². The molecule has 1 fully saturated rings. The third kappa shape index (κ3) is 2.91. The lowest BCUT2D eigenvalue weighted by molar-refractivity contribution is -0.132. The first-order valence-electron chi connectivity index (χ1n) is 7.99. The summed E-state index contributed by atoms with van der Waals surface area (Å²) in [6.45, 7) is 5.58. The van der Waals surface area contributed by atoms with Crippen molar-refractivity contribution < 1.29 is 14.4 Å². The molecular weight excluding hydrogens is 338 g/mol. The minimum atomic E-state index is -1.20. The van der Waals surface area contributed by atoms with Crippen LogP contribution in [0.4, 0.5) is 4.79 Å². The largest absolute Gasteiger partial charge is 0.344 e. The molecule has 130 valence electrons. The van der Waals surface area contributed by atoms with Gasteiger partial charge in [0.15, 0.2) is 0 Å². The fraction of sp³-hybridized carbons (Fsp3) is 0.278. The van der Waals surface area contributed by atoms with Crippen LogP contribution in [0.1, 0.15) is 39.5 Å². The van der Waals surface area contributed by atoms with Gasteiger partial charge in [0.25, 0.3) is 11.8 Å². The fourth-order valence-corrected chi connectivity index (χ4v) is 3.85. The maximum absolute atomic E-state index is 12.8. The van der Waals surface area contributed by atoms with Gasteiger partial charge in [-0.15, -0.1) is 11.3 Å². The van der Waals surface area contributed by atoms with E-state index in [2.05, 4.69) is 10.7 Å². The van der Waals surface area contributed by atoms with Gasteiger partial charge < -0.3 is 5.32 Å². The van der Waals surface area contributed by atoms with Crippen molar-refractivity contribution in [3.8, 4) is 0 Å². The lowest BCUT2D eigenvalue weighted by Crippen LogP contribution is -2.47. The quantitative estimate of drug-likeness (QED) is 0.826. The van der Waals surface area contributed by atoms with E-state index in [-0.39, 0.29) is 0 Å². The van der Waals surface area contributed by atoms with Crippen LogP contribution in [0.5, 0.6) is 0 Å². The first-order chi connectivity index (χ1) is 11.9. The molecule has 25 heavy (non-hydrogen) atoms. The average molecular weight is 357 g/mol. The molecule has 1 aliphatic heterocycles. The summed E-state index contributed by atoms with van der Waals surface area (Å²) in [6.07, 6.45) is 0.824. The predicted molar refractivity (Wildman–Crippen MR) is 95.1 cm³/mol. The average Bonchev–Trinajstić information content (AvgIpc) is 3.09. The van der Waals surface area contributed by atoms with E-state index in [0.29, 0.717) is 10.4 Å². The summed E-state index contributed by atoms with van der Waals surface area (Å²) in [6, 6.07) is 10.1. The van der Waals surface area contributed by atoms with Crippen molar-refractivity contribution in [2.75, 3.05) is 0 Å². The molecule has 1 unspecified atom stereocenters.